The number of likely N-dealkylation sites (N-methyl/N-ethyl adjacent to an activating group) is 1. The monoisotopic (exact) mass is 315 g/mol. The van der Waals surface area contributed by atoms with Crippen LogP contribution in [0.25, 0.3) is 0 Å². The Hall–Kier alpha value is -1.44. The number of hydrogen-bond acceptors (Lipinski definition) is 3. The van der Waals surface area contributed by atoms with Gasteiger partial charge in [-0.15, -0.1) is 0 Å². The fourth-order valence-electron chi connectivity index (χ4n) is 1.97. The van der Waals surface area contributed by atoms with Crippen molar-refractivity contribution in [2.75, 3.05) is 40.5 Å². The largest absolute Gasteiger partial charge is 0.350 e. The SMILES string of the molecule is C[NH2+]c1ccc(S(C)(=O)=O)c(CC(=O)NCC[NH+](C)C)c1. The van der Waals surface area contributed by atoms with Gasteiger partial charge in [0, 0.05) is 18.4 Å². The number of sulfone groups is 1. The molecule has 0 unspecified atom stereocenters. The molecule has 0 spiro atoms. The third-order valence-electron chi connectivity index (χ3n) is 3.12. The van der Waals surface area contributed by atoms with Crippen LogP contribution in [0.2, 0.25) is 0 Å². The van der Waals surface area contributed by atoms with Gasteiger partial charge in [0.05, 0.1) is 45.5 Å². The van der Waals surface area contributed by atoms with Gasteiger partial charge in [0.1, 0.15) is 5.69 Å². The van der Waals surface area contributed by atoms with Crippen LogP contribution in [0.4, 0.5) is 5.69 Å². The van der Waals surface area contributed by atoms with Gasteiger partial charge in [-0.1, -0.05) is 0 Å². The van der Waals surface area contributed by atoms with Gasteiger partial charge >= 0.3 is 0 Å². The maximum Gasteiger partial charge on any atom is 0.224 e. The molecule has 4 N–H and O–H groups in total. The smallest absolute Gasteiger partial charge is 0.224 e. The highest BCUT2D eigenvalue weighted by Crippen LogP contribution is 2.19. The first-order valence-corrected chi connectivity index (χ1v) is 8.81. The summed E-state index contributed by atoms with van der Waals surface area (Å²) in [6, 6.07) is 5.07. The topological polar surface area (TPSA) is 84.3 Å². The Bertz CT molecular complexity index is 597. The molecular weight excluding hydrogens is 290 g/mol. The molecule has 21 heavy (non-hydrogen) atoms. The molecule has 0 aliphatic carbocycles. The van der Waals surface area contributed by atoms with Crippen molar-refractivity contribution in [2.24, 2.45) is 0 Å². The van der Waals surface area contributed by atoms with Gasteiger partial charge in [-0.3, -0.25) is 4.79 Å². The van der Waals surface area contributed by atoms with E-state index in [1.54, 1.807) is 18.2 Å². The van der Waals surface area contributed by atoms with Crippen LogP contribution in [-0.4, -0.2) is 54.8 Å². The number of benzene rings is 1. The molecule has 1 amide bonds. The Kier molecular flexibility index (Phi) is 6.32. The molecule has 0 saturated carbocycles. The van der Waals surface area contributed by atoms with Crippen LogP contribution in [0.5, 0.6) is 0 Å². The molecular formula is C14H25N3O3S+2. The minimum Gasteiger partial charge on any atom is -0.350 e. The van der Waals surface area contributed by atoms with Crippen molar-refractivity contribution in [3.63, 3.8) is 0 Å². The van der Waals surface area contributed by atoms with Crippen molar-refractivity contribution < 1.29 is 23.4 Å². The molecule has 0 aliphatic heterocycles. The van der Waals surface area contributed by atoms with Crippen LogP contribution >= 0.6 is 0 Å². The third-order valence-corrected chi connectivity index (χ3v) is 4.31. The third kappa shape index (κ3) is 5.82. The first-order chi connectivity index (χ1) is 9.74. The molecule has 1 rings (SSSR count). The van der Waals surface area contributed by atoms with E-state index in [1.807, 2.05) is 26.5 Å². The van der Waals surface area contributed by atoms with Crippen molar-refractivity contribution >= 4 is 21.4 Å². The quantitative estimate of drug-likeness (QED) is 0.496. The lowest BCUT2D eigenvalue weighted by Crippen LogP contribution is -3.06. The Morgan fingerprint density at radius 2 is 2.00 bits per heavy atom. The number of nitrogens with one attached hydrogen (secondary N) is 2. The van der Waals surface area contributed by atoms with Gasteiger partial charge in [0.25, 0.3) is 0 Å². The number of quaternary nitrogens is 2. The highest BCUT2D eigenvalue weighted by Gasteiger charge is 2.17. The van der Waals surface area contributed by atoms with Gasteiger partial charge in [0.2, 0.25) is 5.91 Å². The van der Waals surface area contributed by atoms with Gasteiger partial charge in [0.15, 0.2) is 9.84 Å². The lowest BCUT2D eigenvalue weighted by Gasteiger charge is -2.11. The lowest BCUT2D eigenvalue weighted by molar-refractivity contribution is -0.856. The summed E-state index contributed by atoms with van der Waals surface area (Å²) >= 11 is 0. The summed E-state index contributed by atoms with van der Waals surface area (Å²) in [4.78, 5) is 13.4. The summed E-state index contributed by atoms with van der Waals surface area (Å²) in [6.07, 6.45) is 1.24. The molecule has 118 valence electrons. The van der Waals surface area contributed by atoms with E-state index in [4.69, 9.17) is 0 Å². The van der Waals surface area contributed by atoms with Crippen molar-refractivity contribution in [3.8, 4) is 0 Å². The van der Waals surface area contributed by atoms with Crippen molar-refractivity contribution in [3.05, 3.63) is 23.8 Å². The standard InChI is InChI=1S/C14H23N3O3S/c1-15-12-5-6-13(21(4,19)20)11(9-12)10-14(18)16-7-8-17(2)3/h5-6,9,15H,7-8,10H2,1-4H3,(H,16,18)/p+2. The fraction of sp³-hybridized carbons (Fsp3) is 0.500. The number of hydrogen-bond donors (Lipinski definition) is 3. The predicted molar refractivity (Wildman–Crippen MR) is 81.5 cm³/mol. The molecule has 0 atom stereocenters. The zero-order valence-electron chi connectivity index (χ0n) is 13.1. The van der Waals surface area contributed by atoms with Crippen LogP contribution < -0.4 is 15.5 Å². The Balaban J connectivity index is 2.87. The minimum absolute atomic E-state index is 0.0762. The van der Waals surface area contributed by atoms with E-state index in [1.165, 1.54) is 4.90 Å². The summed E-state index contributed by atoms with van der Waals surface area (Å²) in [5.41, 5.74) is 1.45. The highest BCUT2D eigenvalue weighted by atomic mass is 32.2. The van der Waals surface area contributed by atoms with E-state index in [-0.39, 0.29) is 17.2 Å². The summed E-state index contributed by atoms with van der Waals surface area (Å²) in [5.74, 6) is -0.158. The van der Waals surface area contributed by atoms with Crippen LogP contribution in [-0.2, 0) is 21.1 Å². The van der Waals surface area contributed by atoms with Gasteiger partial charge in [-0.25, -0.2) is 8.42 Å². The number of carbonyl (C=O) groups is 1. The summed E-state index contributed by atoms with van der Waals surface area (Å²) in [7, 11) is 2.55. The zero-order valence-corrected chi connectivity index (χ0v) is 13.9. The molecule has 7 heteroatoms. The summed E-state index contributed by atoms with van der Waals surface area (Å²) in [5, 5.41) is 4.69. The van der Waals surface area contributed by atoms with Gasteiger partial charge in [-0.05, 0) is 11.6 Å². The second kappa shape index (κ2) is 7.53. The second-order valence-electron chi connectivity index (χ2n) is 5.41. The maximum atomic E-state index is 11.9. The van der Waals surface area contributed by atoms with E-state index in [0.717, 1.165) is 18.5 Å². The van der Waals surface area contributed by atoms with E-state index in [0.29, 0.717) is 12.1 Å². The number of nitrogens with two attached hydrogens (primary N) is 1. The Morgan fingerprint density at radius 3 is 2.52 bits per heavy atom. The molecule has 1 aromatic carbocycles. The van der Waals surface area contributed by atoms with E-state index in [2.05, 4.69) is 5.32 Å². The maximum absolute atomic E-state index is 11.9. The molecule has 0 aromatic heterocycles. The minimum atomic E-state index is -3.34. The van der Waals surface area contributed by atoms with Gasteiger partial charge in [-0.2, -0.15) is 0 Å². The first-order valence-electron chi connectivity index (χ1n) is 6.92. The fourth-order valence-corrected chi connectivity index (χ4v) is 2.89. The van der Waals surface area contributed by atoms with Gasteiger partial charge < -0.3 is 15.5 Å². The van der Waals surface area contributed by atoms with Crippen LogP contribution in [0, 0.1) is 0 Å². The molecule has 6 nitrogen and oxygen atoms in total. The van der Waals surface area contributed by atoms with Crippen molar-refractivity contribution in [2.45, 2.75) is 11.3 Å². The van der Waals surface area contributed by atoms with Crippen molar-refractivity contribution in [1.29, 1.82) is 0 Å². The predicted octanol–water partition coefficient (Wildman–Crippen LogP) is -2.28. The molecule has 0 bridgehead atoms. The van der Waals surface area contributed by atoms with E-state index >= 15 is 0 Å². The molecule has 0 fully saturated rings. The zero-order chi connectivity index (χ0) is 16.0. The number of carbonyl (C=O) groups excluding carboxylic acids is 1. The van der Waals surface area contributed by atoms with E-state index < -0.39 is 9.84 Å². The second-order valence-corrected chi connectivity index (χ2v) is 7.40. The number of amides is 1. The Morgan fingerprint density at radius 1 is 1.33 bits per heavy atom. The molecule has 0 heterocycles. The molecule has 0 saturated heterocycles. The van der Waals surface area contributed by atoms with Crippen LogP contribution in [0.15, 0.2) is 23.1 Å². The van der Waals surface area contributed by atoms with Crippen molar-refractivity contribution in [1.82, 2.24) is 5.32 Å². The summed E-state index contributed by atoms with van der Waals surface area (Å²) in [6.45, 7) is 1.41. The Labute approximate surface area is 126 Å². The normalized spacial score (nSPS) is 11.7. The van der Waals surface area contributed by atoms with Crippen LogP contribution in [0.3, 0.4) is 0 Å². The molecule has 0 aliphatic rings. The van der Waals surface area contributed by atoms with Crippen LogP contribution in [0.1, 0.15) is 5.56 Å². The average molecular weight is 315 g/mol. The molecule has 0 radical (unpaired) electrons. The number of rotatable bonds is 7. The molecule has 1 aromatic rings. The first kappa shape index (κ1) is 17.6. The lowest BCUT2D eigenvalue weighted by atomic mass is 10.1. The summed E-state index contributed by atoms with van der Waals surface area (Å²) < 4.78 is 23.6. The highest BCUT2D eigenvalue weighted by molar-refractivity contribution is 7.90. The van der Waals surface area contributed by atoms with E-state index in [9.17, 15) is 13.2 Å². The average Bonchev–Trinajstić information content (AvgIpc) is 2.36.